The van der Waals surface area contributed by atoms with Gasteiger partial charge in [-0.15, -0.1) is 0 Å². The third-order valence-electron chi connectivity index (χ3n) is 9.59. The molecule has 0 atom stereocenters. The van der Waals surface area contributed by atoms with Gasteiger partial charge < -0.3 is 15.3 Å². The molecular formula is C39H41ClF4N6O3. The zero-order chi connectivity index (χ0) is 38.3. The molecule has 0 saturated heterocycles. The molecule has 6 rings (SSSR count). The highest BCUT2D eigenvalue weighted by atomic mass is 35.5. The van der Waals surface area contributed by atoms with Crippen LogP contribution in [0.4, 0.5) is 17.6 Å². The number of rotatable bonds is 10. The van der Waals surface area contributed by atoms with Crippen LogP contribution in [0.15, 0.2) is 91.3 Å². The number of nitrogens with one attached hydrogen (secondary N) is 1. The number of benzene rings is 3. The predicted octanol–water partition coefficient (Wildman–Crippen LogP) is 8.42. The highest BCUT2D eigenvalue weighted by molar-refractivity contribution is 6.30. The molecule has 0 radical (unpaired) electrons. The van der Waals surface area contributed by atoms with Gasteiger partial charge in [0.2, 0.25) is 0 Å². The fourth-order valence-electron chi connectivity index (χ4n) is 6.72. The van der Waals surface area contributed by atoms with E-state index in [-0.39, 0.29) is 29.0 Å². The quantitative estimate of drug-likeness (QED) is 0.139. The Morgan fingerprint density at radius 1 is 0.906 bits per heavy atom. The van der Waals surface area contributed by atoms with Crippen molar-refractivity contribution >= 4 is 23.5 Å². The van der Waals surface area contributed by atoms with Crippen molar-refractivity contribution in [3.63, 3.8) is 0 Å². The van der Waals surface area contributed by atoms with Gasteiger partial charge in [-0.25, -0.2) is 18.5 Å². The Morgan fingerprint density at radius 3 is 2.06 bits per heavy atom. The average molecular weight is 753 g/mol. The van der Waals surface area contributed by atoms with Gasteiger partial charge in [0, 0.05) is 16.6 Å². The summed E-state index contributed by atoms with van der Waals surface area (Å²) < 4.78 is 54.5. The molecular weight excluding hydrogens is 712 g/mol. The third-order valence-corrected chi connectivity index (χ3v) is 9.84. The predicted molar refractivity (Wildman–Crippen MR) is 194 cm³/mol. The van der Waals surface area contributed by atoms with Crippen molar-refractivity contribution in [1.29, 1.82) is 0 Å². The molecule has 2 heterocycles. The standard InChI is InChI=1S/C28H35FN4O.C11H6ClF3N2O2/c1-4-8-26-25(20-30-33(26)24-9-6-5-7-10-24)27(34)31-23-15-17-28(18-16-23,32(2)3)19-21-11-13-22(29)14-12-21;12-6-1-3-7(4-2-6)17-9(11(13,14)15)8(5-16-17)10(18)19/h5-7,9-14,20,23H,4,8,15-19H2,1-3H3,(H,31,34);1-5H,(H,18,19). The van der Waals surface area contributed by atoms with Crippen molar-refractivity contribution in [2.24, 2.45) is 0 Å². The van der Waals surface area contributed by atoms with Crippen LogP contribution in [0.5, 0.6) is 0 Å². The van der Waals surface area contributed by atoms with E-state index in [1.54, 1.807) is 6.20 Å². The minimum atomic E-state index is -4.83. The maximum atomic E-state index is 13.4. The Labute approximate surface area is 310 Å². The number of aromatic nitrogens is 4. The Morgan fingerprint density at radius 2 is 1.49 bits per heavy atom. The molecule has 280 valence electrons. The smallest absolute Gasteiger partial charge is 0.434 e. The summed E-state index contributed by atoms with van der Waals surface area (Å²) in [5, 5.41) is 20.4. The highest BCUT2D eigenvalue weighted by Crippen LogP contribution is 2.36. The number of amides is 1. The van der Waals surface area contributed by atoms with Crippen molar-refractivity contribution < 1.29 is 32.3 Å². The minimum Gasteiger partial charge on any atom is -0.478 e. The van der Waals surface area contributed by atoms with Gasteiger partial charge in [-0.3, -0.25) is 4.79 Å². The molecule has 9 nitrogen and oxygen atoms in total. The normalized spacial score (nSPS) is 17.3. The van der Waals surface area contributed by atoms with Crippen LogP contribution in [0, 0.1) is 5.82 Å². The first-order chi connectivity index (χ1) is 25.2. The van der Waals surface area contributed by atoms with Crippen LogP contribution in [0.3, 0.4) is 0 Å². The van der Waals surface area contributed by atoms with Crippen LogP contribution in [0.2, 0.25) is 5.02 Å². The van der Waals surface area contributed by atoms with E-state index in [0.717, 1.165) is 61.9 Å². The molecule has 0 aliphatic heterocycles. The van der Waals surface area contributed by atoms with E-state index in [9.17, 15) is 27.2 Å². The van der Waals surface area contributed by atoms with Gasteiger partial charge >= 0.3 is 12.1 Å². The number of para-hydroxylation sites is 1. The van der Waals surface area contributed by atoms with Gasteiger partial charge in [-0.1, -0.05) is 55.3 Å². The molecule has 3 aromatic carbocycles. The van der Waals surface area contributed by atoms with Gasteiger partial charge in [-0.05, 0) is 107 Å². The molecule has 14 heteroatoms. The molecule has 53 heavy (non-hydrogen) atoms. The first kappa shape index (κ1) is 39.2. The molecule has 0 unspecified atom stereocenters. The van der Waals surface area contributed by atoms with E-state index in [1.165, 1.54) is 36.4 Å². The number of alkyl halides is 3. The summed E-state index contributed by atoms with van der Waals surface area (Å²) in [5.41, 5.74) is 1.61. The second-order valence-electron chi connectivity index (χ2n) is 13.3. The van der Waals surface area contributed by atoms with Crippen molar-refractivity contribution in [2.45, 2.75) is 69.6 Å². The number of hydrogen-bond acceptors (Lipinski definition) is 5. The molecule has 0 bridgehead atoms. The van der Waals surface area contributed by atoms with Gasteiger partial charge in [0.15, 0.2) is 5.69 Å². The fraction of sp³-hybridized carbons (Fsp3) is 0.333. The maximum Gasteiger partial charge on any atom is 0.434 e. The summed E-state index contributed by atoms with van der Waals surface area (Å²) in [6.45, 7) is 2.12. The number of halogens is 5. The molecule has 1 fully saturated rings. The second-order valence-corrected chi connectivity index (χ2v) is 13.7. The summed E-state index contributed by atoms with van der Waals surface area (Å²) in [4.78, 5) is 26.4. The van der Waals surface area contributed by atoms with E-state index in [1.807, 2.05) is 47.1 Å². The number of nitrogens with zero attached hydrogens (tertiary/aromatic N) is 5. The molecule has 1 aliphatic carbocycles. The summed E-state index contributed by atoms with van der Waals surface area (Å²) >= 11 is 5.64. The highest BCUT2D eigenvalue weighted by Gasteiger charge is 2.41. The first-order valence-corrected chi connectivity index (χ1v) is 17.6. The maximum absolute atomic E-state index is 13.4. The molecule has 1 amide bonds. The molecule has 1 saturated carbocycles. The van der Waals surface area contributed by atoms with Crippen LogP contribution in [-0.2, 0) is 19.0 Å². The van der Waals surface area contributed by atoms with Crippen molar-refractivity contribution in [1.82, 2.24) is 29.8 Å². The summed E-state index contributed by atoms with van der Waals surface area (Å²) in [6, 6.07) is 22.4. The lowest BCUT2D eigenvalue weighted by Crippen LogP contribution is -2.52. The van der Waals surface area contributed by atoms with Crippen LogP contribution >= 0.6 is 11.6 Å². The minimum absolute atomic E-state index is 0.0185. The largest absolute Gasteiger partial charge is 0.478 e. The fourth-order valence-corrected chi connectivity index (χ4v) is 6.84. The lowest BCUT2D eigenvalue weighted by Gasteiger charge is -2.45. The van der Waals surface area contributed by atoms with Crippen LogP contribution in [0.1, 0.15) is 76.7 Å². The number of aromatic carboxylic acids is 1. The zero-order valence-corrected chi connectivity index (χ0v) is 30.3. The molecule has 5 aromatic rings. The number of carbonyl (C=O) groups excluding carboxylic acids is 1. The summed E-state index contributed by atoms with van der Waals surface area (Å²) in [7, 11) is 4.24. The van der Waals surface area contributed by atoms with Gasteiger partial charge in [-0.2, -0.15) is 23.4 Å². The van der Waals surface area contributed by atoms with E-state index >= 15 is 0 Å². The Balaban J connectivity index is 0.000000241. The van der Waals surface area contributed by atoms with Gasteiger partial charge in [0.05, 0.1) is 35.0 Å². The summed E-state index contributed by atoms with van der Waals surface area (Å²) in [5.74, 6) is -1.92. The van der Waals surface area contributed by atoms with E-state index in [4.69, 9.17) is 16.7 Å². The number of hydrogen-bond donors (Lipinski definition) is 2. The van der Waals surface area contributed by atoms with Crippen LogP contribution in [0.25, 0.3) is 11.4 Å². The topological polar surface area (TPSA) is 105 Å². The SMILES string of the molecule is CCCc1c(C(=O)NC2CCC(Cc3ccc(F)cc3)(N(C)C)CC2)cnn1-c1ccccc1.O=C(O)c1cnn(-c2ccc(Cl)cc2)c1C(F)(F)F. The number of carboxylic acids is 1. The van der Waals surface area contributed by atoms with Crippen LogP contribution < -0.4 is 5.32 Å². The van der Waals surface area contributed by atoms with Crippen molar-refractivity contribution in [3.8, 4) is 11.4 Å². The zero-order valence-electron chi connectivity index (χ0n) is 29.6. The lowest BCUT2D eigenvalue weighted by atomic mass is 9.74. The third kappa shape index (κ3) is 9.33. The summed E-state index contributed by atoms with van der Waals surface area (Å²) in [6.07, 6.45) is 3.95. The number of carbonyl (C=O) groups is 2. The first-order valence-electron chi connectivity index (χ1n) is 17.2. The van der Waals surface area contributed by atoms with E-state index in [2.05, 4.69) is 41.4 Å². The molecule has 0 spiro atoms. The number of likely N-dealkylation sites (N-methyl/N-ethyl adjacent to an activating group) is 1. The number of carboxylic acid groups (broad SMARTS) is 1. The second kappa shape index (κ2) is 16.8. The monoisotopic (exact) mass is 752 g/mol. The Kier molecular flexibility index (Phi) is 12.4. The van der Waals surface area contributed by atoms with E-state index < -0.39 is 23.4 Å². The molecule has 2 N–H and O–H groups in total. The Bertz CT molecular complexity index is 1990. The molecule has 2 aromatic heterocycles. The molecule has 1 aliphatic rings. The Hall–Kier alpha value is -5.01. The van der Waals surface area contributed by atoms with Crippen molar-refractivity contribution in [3.05, 3.63) is 130 Å². The van der Waals surface area contributed by atoms with Gasteiger partial charge in [0.25, 0.3) is 5.91 Å². The average Bonchev–Trinajstić information content (AvgIpc) is 3.77. The lowest BCUT2D eigenvalue weighted by molar-refractivity contribution is -0.143. The van der Waals surface area contributed by atoms with Gasteiger partial charge in [0.1, 0.15) is 11.4 Å². The van der Waals surface area contributed by atoms with Crippen molar-refractivity contribution in [2.75, 3.05) is 14.1 Å². The van der Waals surface area contributed by atoms with E-state index in [0.29, 0.717) is 21.5 Å². The van der Waals surface area contributed by atoms with Crippen LogP contribution in [-0.4, -0.2) is 67.1 Å².